The van der Waals surface area contributed by atoms with E-state index in [1.807, 2.05) is 11.5 Å². The number of nitrogen functional groups attached to an aromatic ring is 1. The summed E-state index contributed by atoms with van der Waals surface area (Å²) in [7, 11) is -1.73. The third-order valence-corrected chi connectivity index (χ3v) is 9.79. The normalized spacial score (nSPS) is 23.6. The molecule has 4 unspecified atom stereocenters. The SMILES string of the molecule is CCC(NP(OCC1CC(C)[C@H](n2cnc3c(N(N)C4CC4)nc(N)nc32)O1)Oc1ccc(Cl)cc1)C(=O)OC1CCCC1. The Balaban J connectivity index is 1.14. The van der Waals surface area contributed by atoms with Crippen molar-refractivity contribution in [3.63, 3.8) is 0 Å². The zero-order valence-electron chi connectivity index (χ0n) is 25.0. The van der Waals surface area contributed by atoms with E-state index < -0.39 is 14.6 Å². The van der Waals surface area contributed by atoms with E-state index in [2.05, 4.69) is 27.0 Å². The van der Waals surface area contributed by atoms with Gasteiger partial charge in [0.2, 0.25) is 5.95 Å². The second kappa shape index (κ2) is 13.7. The predicted molar refractivity (Wildman–Crippen MR) is 168 cm³/mol. The number of carbonyl (C=O) groups excluding carboxylic acids is 1. The first kappa shape index (κ1) is 31.2. The number of rotatable bonds is 13. The molecule has 2 aliphatic carbocycles. The predicted octanol–water partition coefficient (Wildman–Crippen LogP) is 5.00. The van der Waals surface area contributed by atoms with E-state index in [9.17, 15) is 4.79 Å². The van der Waals surface area contributed by atoms with Crippen LogP contribution in [0, 0.1) is 5.92 Å². The first-order valence-corrected chi connectivity index (χ1v) is 16.9. The fourth-order valence-electron chi connectivity index (χ4n) is 5.70. The molecule has 2 aromatic heterocycles. The molecule has 2 saturated carbocycles. The number of anilines is 2. The van der Waals surface area contributed by atoms with Crippen LogP contribution in [0.25, 0.3) is 11.2 Å². The van der Waals surface area contributed by atoms with E-state index in [-0.39, 0.29) is 48.9 Å². The maximum absolute atomic E-state index is 13.0. The topological polar surface area (TPSA) is 165 Å². The molecule has 3 heterocycles. The van der Waals surface area contributed by atoms with E-state index in [1.165, 1.54) is 0 Å². The summed E-state index contributed by atoms with van der Waals surface area (Å²) in [6, 6.07) is 6.68. The molecule has 6 rings (SSSR count). The zero-order chi connectivity index (χ0) is 30.8. The van der Waals surface area contributed by atoms with Gasteiger partial charge in [-0.15, -0.1) is 0 Å². The van der Waals surface area contributed by atoms with Crippen molar-refractivity contribution in [2.24, 2.45) is 11.8 Å². The molecule has 1 aliphatic heterocycles. The first-order chi connectivity index (χ1) is 21.3. The van der Waals surface area contributed by atoms with Crippen LogP contribution in [0.5, 0.6) is 5.75 Å². The number of benzene rings is 1. The van der Waals surface area contributed by atoms with Gasteiger partial charge in [-0.3, -0.25) is 14.4 Å². The molecule has 3 aliphatic rings. The van der Waals surface area contributed by atoms with Crippen LogP contribution >= 0.6 is 20.1 Å². The van der Waals surface area contributed by atoms with Crippen LogP contribution in [0.3, 0.4) is 0 Å². The Morgan fingerprint density at radius 3 is 2.68 bits per heavy atom. The summed E-state index contributed by atoms with van der Waals surface area (Å²) in [6.07, 6.45) is 8.35. The molecule has 5 N–H and O–H groups in total. The summed E-state index contributed by atoms with van der Waals surface area (Å²) in [5, 5.41) is 5.50. The number of nitrogens with two attached hydrogens (primary N) is 2. The monoisotopic (exact) mass is 646 g/mol. The fourth-order valence-corrected chi connectivity index (χ4v) is 7.16. The summed E-state index contributed by atoms with van der Waals surface area (Å²) in [5.74, 6) is 7.38. The third kappa shape index (κ3) is 7.19. The van der Waals surface area contributed by atoms with Crippen LogP contribution in [0.15, 0.2) is 30.6 Å². The number of nitrogens with zero attached hydrogens (tertiary/aromatic N) is 5. The Hall–Kier alpha value is -2.80. The van der Waals surface area contributed by atoms with Crippen LogP contribution in [-0.4, -0.2) is 56.4 Å². The number of fused-ring (bicyclic) bond motifs is 1. The molecule has 3 fully saturated rings. The number of hydrogen-bond acceptors (Lipinski definition) is 12. The van der Waals surface area contributed by atoms with Gasteiger partial charge < -0.3 is 24.3 Å². The van der Waals surface area contributed by atoms with Crippen LogP contribution in [0.1, 0.15) is 71.4 Å². The van der Waals surface area contributed by atoms with E-state index >= 15 is 0 Å². The number of carbonyl (C=O) groups is 1. The van der Waals surface area contributed by atoms with Gasteiger partial charge >= 0.3 is 14.5 Å². The molecule has 1 aromatic carbocycles. The maximum Gasteiger partial charge on any atom is 0.323 e. The number of hydrazine groups is 1. The lowest BCUT2D eigenvalue weighted by Crippen LogP contribution is -2.37. The average molecular weight is 647 g/mol. The van der Waals surface area contributed by atoms with Crippen molar-refractivity contribution >= 4 is 49.0 Å². The third-order valence-electron chi connectivity index (χ3n) is 8.25. The lowest BCUT2D eigenvalue weighted by Gasteiger charge is -2.25. The number of imidazole rings is 1. The highest BCUT2D eigenvalue weighted by atomic mass is 35.5. The molecule has 0 spiro atoms. The van der Waals surface area contributed by atoms with Gasteiger partial charge in [0.25, 0.3) is 0 Å². The minimum atomic E-state index is -1.73. The Kier molecular flexibility index (Phi) is 9.70. The fraction of sp³-hybridized carbons (Fsp3) is 0.586. The van der Waals surface area contributed by atoms with Gasteiger partial charge in [-0.25, -0.2) is 15.9 Å². The second-order valence-corrected chi connectivity index (χ2v) is 13.4. The molecule has 1 saturated heterocycles. The Bertz CT molecular complexity index is 1440. The lowest BCUT2D eigenvalue weighted by atomic mass is 10.1. The number of ether oxygens (including phenoxy) is 2. The molecule has 5 atom stereocenters. The van der Waals surface area contributed by atoms with Gasteiger partial charge in [-0.05, 0) is 75.6 Å². The van der Waals surface area contributed by atoms with Gasteiger partial charge in [-0.1, -0.05) is 25.4 Å². The van der Waals surface area contributed by atoms with Gasteiger partial charge in [0.15, 0.2) is 17.0 Å². The Labute approximate surface area is 262 Å². The smallest absolute Gasteiger partial charge is 0.323 e. The molecular formula is C29H40ClN8O5P. The quantitative estimate of drug-likeness (QED) is 0.0986. The summed E-state index contributed by atoms with van der Waals surface area (Å²) in [5.41, 5.74) is 7.24. The van der Waals surface area contributed by atoms with Crippen LogP contribution in [0.2, 0.25) is 5.02 Å². The maximum atomic E-state index is 13.0. The molecule has 0 radical (unpaired) electrons. The van der Waals surface area contributed by atoms with Crippen molar-refractivity contribution in [3.05, 3.63) is 35.6 Å². The summed E-state index contributed by atoms with van der Waals surface area (Å²) >= 11 is 6.08. The summed E-state index contributed by atoms with van der Waals surface area (Å²) < 4.78 is 26.6. The number of esters is 1. The van der Waals surface area contributed by atoms with Crippen molar-refractivity contribution in [2.75, 3.05) is 17.3 Å². The minimum absolute atomic E-state index is 0.0226. The molecular weight excluding hydrogens is 607 g/mol. The standard InChI is InChI=1S/C29H40ClN8O5P/c1-3-23(28(39)42-20-6-4-5-7-20)36-44(43-21-12-8-18(30)9-13-21)40-15-22-14-17(2)27(41-22)37-16-33-24-25(37)34-29(31)35-26(24)38(32)19-10-11-19/h8-9,12-13,16-17,19-20,22-23,27,36H,3-7,10-11,14-15,32H2,1-2H3,(H2,31,34,35)/t17?,22?,23?,27-,44?/m1/s1. The van der Waals surface area contributed by atoms with Crippen molar-refractivity contribution in [3.8, 4) is 5.75 Å². The number of aromatic nitrogens is 4. The van der Waals surface area contributed by atoms with Crippen molar-refractivity contribution in [1.82, 2.24) is 24.6 Å². The van der Waals surface area contributed by atoms with E-state index in [0.717, 1.165) is 44.9 Å². The second-order valence-electron chi connectivity index (χ2n) is 11.8. The van der Waals surface area contributed by atoms with Crippen LogP contribution in [-0.2, 0) is 18.8 Å². The minimum Gasteiger partial charge on any atom is -0.461 e. The number of nitrogens with one attached hydrogen (secondary N) is 1. The summed E-state index contributed by atoms with van der Waals surface area (Å²) in [4.78, 5) is 26.4. The molecule has 238 valence electrons. The van der Waals surface area contributed by atoms with Gasteiger partial charge in [0.1, 0.15) is 24.1 Å². The number of halogens is 1. The molecule has 15 heteroatoms. The summed E-state index contributed by atoms with van der Waals surface area (Å²) in [6.45, 7) is 4.29. The van der Waals surface area contributed by atoms with Crippen LogP contribution < -0.4 is 26.2 Å². The van der Waals surface area contributed by atoms with E-state index in [4.69, 9.17) is 41.7 Å². The van der Waals surface area contributed by atoms with Gasteiger partial charge in [-0.2, -0.15) is 9.97 Å². The highest BCUT2D eigenvalue weighted by molar-refractivity contribution is 7.45. The van der Waals surface area contributed by atoms with E-state index in [1.54, 1.807) is 35.6 Å². The highest BCUT2D eigenvalue weighted by Gasteiger charge is 2.37. The van der Waals surface area contributed by atoms with Crippen molar-refractivity contribution in [1.29, 1.82) is 0 Å². The Morgan fingerprint density at radius 2 is 1.98 bits per heavy atom. The lowest BCUT2D eigenvalue weighted by molar-refractivity contribution is -0.150. The van der Waals surface area contributed by atoms with E-state index in [0.29, 0.717) is 34.2 Å². The Morgan fingerprint density at radius 1 is 1.23 bits per heavy atom. The number of hydrogen-bond donors (Lipinski definition) is 3. The van der Waals surface area contributed by atoms with Gasteiger partial charge in [0, 0.05) is 17.0 Å². The highest BCUT2D eigenvalue weighted by Crippen LogP contribution is 2.41. The molecule has 3 aromatic rings. The van der Waals surface area contributed by atoms with Gasteiger partial charge in [0.05, 0.1) is 19.0 Å². The molecule has 0 bridgehead atoms. The van der Waals surface area contributed by atoms with Crippen molar-refractivity contribution in [2.45, 2.75) is 95.7 Å². The zero-order valence-corrected chi connectivity index (χ0v) is 26.6. The van der Waals surface area contributed by atoms with Crippen LogP contribution in [0.4, 0.5) is 11.8 Å². The molecule has 0 amide bonds. The molecule has 13 nitrogen and oxygen atoms in total. The molecule has 44 heavy (non-hydrogen) atoms. The van der Waals surface area contributed by atoms with Crippen molar-refractivity contribution < 1.29 is 23.3 Å². The average Bonchev–Trinajstić information content (AvgIpc) is 3.38. The largest absolute Gasteiger partial charge is 0.461 e. The first-order valence-electron chi connectivity index (χ1n) is 15.3.